The lowest BCUT2D eigenvalue weighted by atomic mass is 10.7. The highest BCUT2D eigenvalue weighted by Gasteiger charge is 1.54. The summed E-state index contributed by atoms with van der Waals surface area (Å²) in [7, 11) is 0. The molecule has 6 nitrogen and oxygen atoms in total. The van der Waals surface area contributed by atoms with E-state index in [2.05, 4.69) is 0 Å². The van der Waals surface area contributed by atoms with Gasteiger partial charge in [-0.1, -0.05) is 0 Å². The smallest absolute Gasteiger partial charge is 0.00461 e. The summed E-state index contributed by atoms with van der Waals surface area (Å²) in [4.78, 5) is 0. The quantitative estimate of drug-likeness (QED) is 0.300. The van der Waals surface area contributed by atoms with Crippen LogP contribution in [0.4, 0.5) is 0 Å². The molecule has 0 rings (SSSR count). The first-order valence-corrected chi connectivity index (χ1v) is 1.32. The van der Waals surface area contributed by atoms with Crippen LogP contribution in [0.5, 0.6) is 0 Å². The second-order valence-electron chi connectivity index (χ2n) is 0.577. The molecule has 20 N–H and O–H groups in total. The molecule has 0 aliphatic carbocycles. The van der Waals surface area contributed by atoms with E-state index >= 15 is 0 Å². The minimum Gasteiger partial charge on any atom is -0.369 e. The average Bonchev–Trinajstić information content (AvgIpc) is 1.37. The van der Waals surface area contributed by atoms with Gasteiger partial charge in [-0.2, -0.15) is 0 Å². The summed E-state index contributed by atoms with van der Waals surface area (Å²) in [6.07, 6.45) is 0. The van der Waals surface area contributed by atoms with Gasteiger partial charge >= 0.3 is 0 Å². The summed E-state index contributed by atoms with van der Waals surface area (Å²) in [5.41, 5.74) is 9.81. The summed E-state index contributed by atoms with van der Waals surface area (Å²) >= 11 is 0. The molecule has 0 radical (unpaired) electrons. The van der Waals surface area contributed by atoms with Crippen molar-refractivity contribution in [2.75, 3.05) is 13.1 Å². The lowest BCUT2D eigenvalue weighted by Gasteiger charge is -1.72. The van der Waals surface area contributed by atoms with Crippen molar-refractivity contribution >= 4 is 0 Å². The molecule has 0 spiro atoms. The van der Waals surface area contributed by atoms with Crippen LogP contribution in [-0.4, -0.2) is 13.1 Å². The molecule has 0 aliphatic rings. The topological polar surface area (TPSA) is 198 Å². The highest BCUT2D eigenvalue weighted by molar-refractivity contribution is 4.26. The van der Waals surface area contributed by atoms with E-state index in [1.54, 1.807) is 0 Å². The van der Waals surface area contributed by atoms with Crippen molar-refractivity contribution < 1.29 is 0 Å². The van der Waals surface area contributed by atoms with Crippen LogP contribution in [0.1, 0.15) is 0 Å². The number of hydrogen-bond donors (Lipinski definition) is 6. The Balaban J connectivity index is -0.00000000750. The molecule has 6 heteroatoms. The average molecular weight is 132 g/mol. The maximum Gasteiger partial charge on any atom is 0.00461 e. The molecule has 0 fully saturated rings. The van der Waals surface area contributed by atoms with E-state index in [0.29, 0.717) is 13.1 Å². The number of hydrogen-bond acceptors (Lipinski definition) is 2. The monoisotopic (exact) mass is 132 g/mol. The van der Waals surface area contributed by atoms with Gasteiger partial charge in [0.1, 0.15) is 0 Å². The second-order valence-corrected chi connectivity index (χ2v) is 0.577. The zero-order valence-corrected chi connectivity index (χ0v) is 6.57. The zero-order valence-electron chi connectivity index (χ0n) is 6.57. The van der Waals surface area contributed by atoms with Gasteiger partial charge in [0, 0.05) is 13.1 Å². The number of quaternary nitrogens is 4. The summed E-state index contributed by atoms with van der Waals surface area (Å²) in [6, 6.07) is 0. The van der Waals surface area contributed by atoms with Gasteiger partial charge in [0.25, 0.3) is 0 Å². The van der Waals surface area contributed by atoms with Gasteiger partial charge in [-0.05, 0) is 0 Å². The Morgan fingerprint density at radius 1 is 0.625 bits per heavy atom. The minimum absolute atomic E-state index is 0. The van der Waals surface area contributed by atoms with Gasteiger partial charge in [0.05, 0.1) is 0 Å². The Morgan fingerprint density at radius 3 is 0.750 bits per heavy atom. The first kappa shape index (κ1) is 46.6. The van der Waals surface area contributed by atoms with Crippen LogP contribution < -0.4 is 36.1 Å². The molecular formula is C2H24N6+4. The zero-order chi connectivity index (χ0) is 3.41. The molecule has 58 valence electrons. The summed E-state index contributed by atoms with van der Waals surface area (Å²) in [6.45, 7) is 1.19. The summed E-state index contributed by atoms with van der Waals surface area (Å²) < 4.78 is 0. The van der Waals surface area contributed by atoms with E-state index in [0.717, 1.165) is 0 Å². The van der Waals surface area contributed by atoms with Crippen molar-refractivity contribution in [3.8, 4) is 0 Å². The Morgan fingerprint density at radius 2 is 0.750 bits per heavy atom. The first-order chi connectivity index (χ1) is 1.91. The van der Waals surface area contributed by atoms with E-state index < -0.39 is 0 Å². The van der Waals surface area contributed by atoms with E-state index in [9.17, 15) is 0 Å². The molecule has 0 unspecified atom stereocenters. The predicted octanol–water partition coefficient (Wildman–Crippen LogP) is 0.409. The Kier molecular flexibility index (Phi) is 421. The van der Waals surface area contributed by atoms with E-state index in [1.807, 2.05) is 0 Å². The molecule has 0 aromatic heterocycles. The van der Waals surface area contributed by atoms with E-state index in [4.69, 9.17) is 11.5 Å². The maximum atomic E-state index is 4.90. The third-order valence-corrected chi connectivity index (χ3v) is 0.167. The van der Waals surface area contributed by atoms with Crippen molar-refractivity contribution in [3.05, 3.63) is 0 Å². The largest absolute Gasteiger partial charge is 0.369 e. The SMILES string of the molecule is NCCN.[NH4+].[NH4+].[NH4+].[NH4+]. The molecule has 0 bridgehead atoms. The third kappa shape index (κ3) is 226. The Hall–Kier alpha value is -0.240. The summed E-state index contributed by atoms with van der Waals surface area (Å²) in [5.74, 6) is 0. The lowest BCUT2D eigenvalue weighted by Crippen LogP contribution is -2.11. The van der Waals surface area contributed by atoms with Crippen LogP contribution in [-0.2, 0) is 0 Å². The highest BCUT2D eigenvalue weighted by atomic mass is 14.6. The van der Waals surface area contributed by atoms with Crippen molar-refractivity contribution in [3.63, 3.8) is 0 Å². The molecule has 0 heterocycles. The number of nitrogens with two attached hydrogens (primary N) is 2. The predicted molar refractivity (Wildman–Crippen MR) is 42.0 cm³/mol. The fourth-order valence-corrected chi connectivity index (χ4v) is 0. The molecule has 0 saturated heterocycles. The molecule has 0 aromatic rings. The van der Waals surface area contributed by atoms with Gasteiger partial charge in [-0.3, -0.25) is 0 Å². The van der Waals surface area contributed by atoms with Crippen LogP contribution in [0.2, 0.25) is 0 Å². The lowest BCUT2D eigenvalue weighted by molar-refractivity contribution is 0.976. The maximum absolute atomic E-state index is 4.90. The van der Waals surface area contributed by atoms with Gasteiger partial charge < -0.3 is 36.1 Å². The molecule has 0 aliphatic heterocycles. The molecular weight excluding hydrogens is 108 g/mol. The standard InChI is InChI=1S/C2H8N2.4H3N/c3-1-2-4;;;;/h1-4H2;4*1H3/p+4. The van der Waals surface area contributed by atoms with Gasteiger partial charge in [-0.15, -0.1) is 0 Å². The normalized spacial score (nSPS) is 3.75. The minimum atomic E-state index is 0. The van der Waals surface area contributed by atoms with Gasteiger partial charge in [0.15, 0.2) is 0 Å². The third-order valence-electron chi connectivity index (χ3n) is 0.167. The summed E-state index contributed by atoms with van der Waals surface area (Å²) in [5, 5.41) is 0. The van der Waals surface area contributed by atoms with Crippen molar-refractivity contribution in [1.82, 2.24) is 24.6 Å². The first-order valence-electron chi connectivity index (χ1n) is 1.32. The second kappa shape index (κ2) is 72.4. The van der Waals surface area contributed by atoms with Gasteiger partial charge in [0.2, 0.25) is 0 Å². The Labute approximate surface area is 50.3 Å². The number of rotatable bonds is 1. The molecule has 0 amide bonds. The van der Waals surface area contributed by atoms with E-state index in [1.165, 1.54) is 0 Å². The van der Waals surface area contributed by atoms with Crippen LogP contribution >= 0.6 is 0 Å². The van der Waals surface area contributed by atoms with Crippen molar-refractivity contribution in [2.45, 2.75) is 0 Å². The fraction of sp³-hybridized carbons (Fsp3) is 1.00. The molecule has 0 atom stereocenters. The van der Waals surface area contributed by atoms with E-state index in [-0.39, 0.29) is 24.6 Å². The Bertz CT molecular complexity index is 8.49. The molecule has 8 heavy (non-hydrogen) atoms. The van der Waals surface area contributed by atoms with Crippen LogP contribution in [0, 0.1) is 0 Å². The van der Waals surface area contributed by atoms with Crippen LogP contribution in [0.3, 0.4) is 0 Å². The highest BCUT2D eigenvalue weighted by Crippen LogP contribution is 1.24. The van der Waals surface area contributed by atoms with Crippen molar-refractivity contribution in [1.29, 1.82) is 0 Å². The molecule has 0 aromatic carbocycles. The van der Waals surface area contributed by atoms with Crippen LogP contribution in [0.15, 0.2) is 0 Å². The fourth-order valence-electron chi connectivity index (χ4n) is 0. The van der Waals surface area contributed by atoms with Crippen molar-refractivity contribution in [2.24, 2.45) is 11.5 Å². The van der Waals surface area contributed by atoms with Crippen LogP contribution in [0.25, 0.3) is 0 Å². The van der Waals surface area contributed by atoms with Gasteiger partial charge in [-0.25, -0.2) is 0 Å². The molecule has 0 saturated carbocycles.